The van der Waals surface area contributed by atoms with Gasteiger partial charge >= 0.3 is 6.09 Å². The lowest BCUT2D eigenvalue weighted by molar-refractivity contribution is -0.144. The smallest absolute Gasteiger partial charge is 0.408 e. The Kier molecular flexibility index (Phi) is 9.73. The third kappa shape index (κ3) is 7.72. The molecule has 1 aliphatic rings. The first-order valence-electron chi connectivity index (χ1n) is 12.2. The van der Waals surface area contributed by atoms with Crippen molar-refractivity contribution in [2.45, 2.75) is 90.6 Å². The maximum atomic E-state index is 13.8. The molecule has 0 aliphatic heterocycles. The summed E-state index contributed by atoms with van der Waals surface area (Å²) in [5.41, 5.74) is 0.252. The monoisotopic (exact) mass is 485 g/mol. The number of amides is 3. The Labute approximate surface area is 208 Å². The number of alkyl carbamates (subject to hydrolysis) is 1. The zero-order chi connectivity index (χ0) is 26.3. The van der Waals surface area contributed by atoms with Crippen molar-refractivity contribution in [1.82, 2.24) is 15.5 Å². The Balaban J connectivity index is 2.49. The molecule has 1 fully saturated rings. The largest absolute Gasteiger partial charge is 0.444 e. The van der Waals surface area contributed by atoms with Gasteiger partial charge in [-0.15, -0.1) is 6.42 Å². The molecule has 8 heteroatoms. The summed E-state index contributed by atoms with van der Waals surface area (Å²) in [5.74, 6) is 1.85. The van der Waals surface area contributed by atoms with E-state index < -0.39 is 36.3 Å². The minimum Gasteiger partial charge on any atom is -0.444 e. The maximum absolute atomic E-state index is 13.8. The number of hydrogen-bond donors (Lipinski definition) is 3. The molecule has 1 saturated carbocycles. The Bertz CT molecular complexity index is 949. The summed E-state index contributed by atoms with van der Waals surface area (Å²) < 4.78 is 5.27. The lowest BCUT2D eigenvalue weighted by atomic mass is 9.96. The van der Waals surface area contributed by atoms with E-state index in [0.717, 1.165) is 12.8 Å². The van der Waals surface area contributed by atoms with Gasteiger partial charge < -0.3 is 25.4 Å². The topological polar surface area (TPSA) is 108 Å². The zero-order valence-electron chi connectivity index (χ0n) is 21.6. The van der Waals surface area contributed by atoms with Crippen LogP contribution in [-0.4, -0.2) is 58.2 Å². The Hall–Kier alpha value is -3.05. The molecule has 8 nitrogen and oxygen atoms in total. The zero-order valence-corrected chi connectivity index (χ0v) is 21.6. The fourth-order valence-corrected chi connectivity index (χ4v) is 4.10. The number of aliphatic hydroxyl groups excluding tert-OH is 1. The van der Waals surface area contributed by atoms with Gasteiger partial charge in [0.1, 0.15) is 17.7 Å². The van der Waals surface area contributed by atoms with Crippen LogP contribution in [0.25, 0.3) is 0 Å². The first-order valence-corrected chi connectivity index (χ1v) is 12.2. The second-order valence-electron chi connectivity index (χ2n) is 10.2. The Morgan fingerprint density at radius 1 is 1.26 bits per heavy atom. The molecule has 0 radical (unpaired) electrons. The van der Waals surface area contributed by atoms with Gasteiger partial charge in [0.15, 0.2) is 0 Å². The summed E-state index contributed by atoms with van der Waals surface area (Å²) in [4.78, 5) is 41.3. The molecular formula is C27H39N3O5. The summed E-state index contributed by atoms with van der Waals surface area (Å²) in [7, 11) is 0. The number of carbonyl (C=O) groups is 3. The Morgan fingerprint density at radius 2 is 1.89 bits per heavy atom. The van der Waals surface area contributed by atoms with Crippen LogP contribution in [0.2, 0.25) is 0 Å². The highest BCUT2D eigenvalue weighted by atomic mass is 16.6. The van der Waals surface area contributed by atoms with E-state index in [0.29, 0.717) is 17.5 Å². The van der Waals surface area contributed by atoms with E-state index in [1.54, 1.807) is 45.0 Å². The summed E-state index contributed by atoms with van der Waals surface area (Å²) >= 11 is 0. The molecule has 1 aromatic carbocycles. The van der Waals surface area contributed by atoms with Gasteiger partial charge in [0.2, 0.25) is 11.8 Å². The van der Waals surface area contributed by atoms with E-state index >= 15 is 0 Å². The van der Waals surface area contributed by atoms with Gasteiger partial charge in [-0.3, -0.25) is 9.59 Å². The number of benzene rings is 1. The third-order valence-corrected chi connectivity index (χ3v) is 5.90. The molecule has 0 heterocycles. The van der Waals surface area contributed by atoms with Gasteiger partial charge in [0, 0.05) is 17.6 Å². The lowest BCUT2D eigenvalue weighted by Gasteiger charge is -2.35. The number of ether oxygens (including phenoxy) is 1. The fourth-order valence-electron chi connectivity index (χ4n) is 4.10. The van der Waals surface area contributed by atoms with E-state index in [1.165, 1.54) is 4.90 Å². The summed E-state index contributed by atoms with van der Waals surface area (Å²) in [6, 6.07) is 4.39. The first-order chi connectivity index (χ1) is 16.4. The quantitative estimate of drug-likeness (QED) is 0.441. The highest BCUT2D eigenvalue weighted by molar-refractivity contribution is 5.93. The van der Waals surface area contributed by atoms with Crippen LogP contribution in [-0.2, 0) is 14.3 Å². The number of carbonyl (C=O) groups excluding carboxylic acids is 3. The van der Waals surface area contributed by atoms with Gasteiger partial charge in [-0.1, -0.05) is 44.4 Å². The van der Waals surface area contributed by atoms with Crippen molar-refractivity contribution in [2.24, 2.45) is 5.92 Å². The second-order valence-corrected chi connectivity index (χ2v) is 10.2. The molecule has 35 heavy (non-hydrogen) atoms. The van der Waals surface area contributed by atoms with Crippen LogP contribution in [0.4, 0.5) is 4.79 Å². The maximum Gasteiger partial charge on any atom is 0.408 e. The highest BCUT2D eigenvalue weighted by Gasteiger charge is 2.48. The normalized spacial score (nSPS) is 19.5. The molecule has 5 atom stereocenters. The molecule has 2 rings (SSSR count). The molecular weight excluding hydrogens is 446 g/mol. The predicted octanol–water partition coefficient (Wildman–Crippen LogP) is 3.14. The summed E-state index contributed by atoms with van der Waals surface area (Å²) in [6.45, 7) is 10.4. The lowest BCUT2D eigenvalue weighted by Crippen LogP contribution is -2.55. The van der Waals surface area contributed by atoms with Crippen LogP contribution in [0.3, 0.4) is 0 Å². The van der Waals surface area contributed by atoms with Crippen LogP contribution in [0.1, 0.15) is 78.0 Å². The van der Waals surface area contributed by atoms with Crippen molar-refractivity contribution in [1.29, 1.82) is 0 Å². The molecule has 3 N–H and O–H groups in total. The number of terminal acetylenes is 1. The minimum absolute atomic E-state index is 0.102. The molecule has 0 spiro atoms. The number of nitrogens with zero attached hydrogens (tertiary/aromatic N) is 1. The van der Waals surface area contributed by atoms with E-state index in [2.05, 4.69) is 16.6 Å². The van der Waals surface area contributed by atoms with Crippen molar-refractivity contribution in [3.05, 3.63) is 35.4 Å². The van der Waals surface area contributed by atoms with Crippen LogP contribution in [0.15, 0.2) is 24.3 Å². The van der Waals surface area contributed by atoms with Gasteiger partial charge in [-0.05, 0) is 58.1 Å². The molecule has 192 valence electrons. The number of nitrogens with one attached hydrogen (secondary N) is 2. The molecule has 0 aromatic heterocycles. The van der Waals surface area contributed by atoms with Crippen LogP contribution >= 0.6 is 0 Å². The molecule has 0 saturated heterocycles. The van der Waals surface area contributed by atoms with Crippen molar-refractivity contribution < 1.29 is 24.2 Å². The van der Waals surface area contributed by atoms with E-state index in [-0.39, 0.29) is 23.9 Å². The van der Waals surface area contributed by atoms with Crippen LogP contribution in [0, 0.1) is 18.3 Å². The highest BCUT2D eigenvalue weighted by Crippen LogP contribution is 2.41. The van der Waals surface area contributed by atoms with E-state index in [4.69, 9.17) is 11.2 Å². The molecule has 5 unspecified atom stereocenters. The molecule has 1 aromatic rings. The van der Waals surface area contributed by atoms with Crippen molar-refractivity contribution in [3.63, 3.8) is 0 Å². The standard InChI is InChI=1S/C27H39N3O5/c1-8-12-18(4)28-24(32)23(20-14-11-10-13-19(20)9-2)30(22-15-17(22)3)25(33)21(16-31)29-26(34)35-27(5,6)7/h2,10-11,13-14,17-18,21-23,31H,8,12,15-16H2,1,3-7H3,(H,28,32)(H,29,34). The first kappa shape index (κ1) is 28.2. The Morgan fingerprint density at radius 3 is 2.40 bits per heavy atom. The minimum atomic E-state index is -1.28. The van der Waals surface area contributed by atoms with E-state index in [9.17, 15) is 19.5 Å². The molecule has 1 aliphatic carbocycles. The van der Waals surface area contributed by atoms with Gasteiger partial charge in [-0.2, -0.15) is 0 Å². The third-order valence-electron chi connectivity index (χ3n) is 5.90. The van der Waals surface area contributed by atoms with Crippen molar-refractivity contribution in [3.8, 4) is 12.3 Å². The van der Waals surface area contributed by atoms with Crippen molar-refractivity contribution >= 4 is 17.9 Å². The SMILES string of the molecule is C#Cc1ccccc1C(C(=O)NC(C)CCC)N(C(=O)C(CO)NC(=O)OC(C)(C)C)C1CC1C. The van der Waals surface area contributed by atoms with Crippen LogP contribution in [0.5, 0.6) is 0 Å². The van der Waals surface area contributed by atoms with Gasteiger partial charge in [-0.25, -0.2) is 4.79 Å². The van der Waals surface area contributed by atoms with Crippen LogP contribution < -0.4 is 10.6 Å². The molecule has 0 bridgehead atoms. The van der Waals surface area contributed by atoms with Gasteiger partial charge in [0.05, 0.1) is 6.61 Å². The summed E-state index contributed by atoms with van der Waals surface area (Å²) in [5, 5.41) is 15.5. The average molecular weight is 486 g/mol. The summed E-state index contributed by atoms with van der Waals surface area (Å²) in [6.07, 6.45) is 7.29. The second kappa shape index (κ2) is 12.1. The van der Waals surface area contributed by atoms with Crippen molar-refractivity contribution in [2.75, 3.05) is 6.61 Å². The van der Waals surface area contributed by atoms with Gasteiger partial charge in [0.25, 0.3) is 0 Å². The average Bonchev–Trinajstić information content (AvgIpc) is 3.49. The van der Waals surface area contributed by atoms with E-state index in [1.807, 2.05) is 20.8 Å². The number of rotatable bonds is 10. The molecule has 3 amide bonds. The number of hydrogen-bond acceptors (Lipinski definition) is 5. The predicted molar refractivity (Wildman–Crippen MR) is 134 cm³/mol. The fraction of sp³-hybridized carbons (Fsp3) is 0.593. The number of aliphatic hydroxyl groups is 1.